The lowest BCUT2D eigenvalue weighted by atomic mass is 10.1. The zero-order chi connectivity index (χ0) is 14.3. The lowest BCUT2D eigenvalue weighted by Gasteiger charge is -2.26. The molecular formula is C16H21N5. The van der Waals surface area contributed by atoms with Crippen LogP contribution in [0.5, 0.6) is 0 Å². The summed E-state index contributed by atoms with van der Waals surface area (Å²) < 4.78 is 0. The number of benzene rings is 1. The number of rotatable bonds is 5. The monoisotopic (exact) mass is 283 g/mol. The van der Waals surface area contributed by atoms with Crippen LogP contribution in [0.4, 0.5) is 5.95 Å². The van der Waals surface area contributed by atoms with Gasteiger partial charge >= 0.3 is 0 Å². The SMILES string of the molecule is c1ccc(-c2cnc(NCCN3CCCCC3)nn2)cc1. The predicted octanol–water partition coefficient (Wildman–Crippen LogP) is 2.44. The van der Waals surface area contributed by atoms with E-state index in [1.807, 2.05) is 30.3 Å². The molecule has 0 amide bonds. The van der Waals surface area contributed by atoms with Crippen molar-refractivity contribution in [2.24, 2.45) is 0 Å². The summed E-state index contributed by atoms with van der Waals surface area (Å²) in [6, 6.07) is 9.98. The van der Waals surface area contributed by atoms with Crippen LogP contribution < -0.4 is 5.32 Å². The molecule has 5 nitrogen and oxygen atoms in total. The highest BCUT2D eigenvalue weighted by atomic mass is 15.2. The molecule has 2 heterocycles. The molecule has 1 saturated heterocycles. The maximum absolute atomic E-state index is 4.33. The van der Waals surface area contributed by atoms with E-state index < -0.39 is 0 Å². The molecule has 1 N–H and O–H groups in total. The molecule has 1 aliphatic heterocycles. The quantitative estimate of drug-likeness (QED) is 0.913. The Morgan fingerprint density at radius 2 is 1.81 bits per heavy atom. The van der Waals surface area contributed by atoms with Crippen LogP contribution >= 0.6 is 0 Å². The second-order valence-corrected chi connectivity index (χ2v) is 5.36. The van der Waals surface area contributed by atoms with Gasteiger partial charge in [0, 0.05) is 18.7 Å². The standard InChI is InChI=1S/C16H21N5/c1-3-7-14(8-4-1)15-13-18-16(20-19-15)17-9-12-21-10-5-2-6-11-21/h1,3-4,7-8,13H,2,5-6,9-12H2,(H,17,18,20). The van der Waals surface area contributed by atoms with E-state index in [9.17, 15) is 0 Å². The smallest absolute Gasteiger partial charge is 0.242 e. The van der Waals surface area contributed by atoms with Gasteiger partial charge in [0.25, 0.3) is 0 Å². The highest BCUT2D eigenvalue weighted by Crippen LogP contribution is 2.14. The first kappa shape index (κ1) is 13.9. The molecule has 0 spiro atoms. The minimum absolute atomic E-state index is 0.603. The molecule has 3 rings (SSSR count). The summed E-state index contributed by atoms with van der Waals surface area (Å²) in [6.07, 6.45) is 5.79. The normalized spacial score (nSPS) is 15.8. The van der Waals surface area contributed by atoms with Gasteiger partial charge in [0.05, 0.1) is 6.20 Å². The van der Waals surface area contributed by atoms with Crippen LogP contribution in [0.2, 0.25) is 0 Å². The number of anilines is 1. The van der Waals surface area contributed by atoms with Crippen molar-refractivity contribution in [3.63, 3.8) is 0 Å². The van der Waals surface area contributed by atoms with Gasteiger partial charge in [0.15, 0.2) is 0 Å². The molecule has 0 atom stereocenters. The Morgan fingerprint density at radius 1 is 1.00 bits per heavy atom. The Kier molecular flexibility index (Phi) is 4.74. The number of likely N-dealkylation sites (tertiary alicyclic amines) is 1. The Labute approximate surface area is 125 Å². The summed E-state index contributed by atoms with van der Waals surface area (Å²) in [5.41, 5.74) is 1.84. The zero-order valence-corrected chi connectivity index (χ0v) is 12.2. The van der Waals surface area contributed by atoms with E-state index in [-0.39, 0.29) is 0 Å². The van der Waals surface area contributed by atoms with Crippen molar-refractivity contribution in [1.82, 2.24) is 20.1 Å². The first-order chi connectivity index (χ1) is 10.4. The first-order valence-electron chi connectivity index (χ1n) is 7.63. The van der Waals surface area contributed by atoms with Crippen molar-refractivity contribution in [1.29, 1.82) is 0 Å². The summed E-state index contributed by atoms with van der Waals surface area (Å²) in [7, 11) is 0. The van der Waals surface area contributed by atoms with E-state index in [0.717, 1.165) is 24.3 Å². The number of aromatic nitrogens is 3. The maximum atomic E-state index is 4.33. The van der Waals surface area contributed by atoms with E-state index in [2.05, 4.69) is 25.4 Å². The van der Waals surface area contributed by atoms with Crippen LogP contribution in [-0.4, -0.2) is 46.3 Å². The Bertz CT molecular complexity index is 534. The van der Waals surface area contributed by atoms with Crippen molar-refractivity contribution in [3.8, 4) is 11.3 Å². The third-order valence-electron chi connectivity index (χ3n) is 3.79. The largest absolute Gasteiger partial charge is 0.352 e. The van der Waals surface area contributed by atoms with Gasteiger partial charge in [-0.25, -0.2) is 4.98 Å². The van der Waals surface area contributed by atoms with Crippen molar-refractivity contribution < 1.29 is 0 Å². The molecule has 2 aromatic rings. The van der Waals surface area contributed by atoms with Gasteiger partial charge in [0.2, 0.25) is 5.95 Å². The number of piperidine rings is 1. The number of hydrogen-bond acceptors (Lipinski definition) is 5. The fourth-order valence-electron chi connectivity index (χ4n) is 2.61. The molecule has 1 aromatic carbocycles. The zero-order valence-electron chi connectivity index (χ0n) is 12.2. The van der Waals surface area contributed by atoms with E-state index >= 15 is 0 Å². The molecular weight excluding hydrogens is 262 g/mol. The molecule has 0 unspecified atom stereocenters. The highest BCUT2D eigenvalue weighted by molar-refractivity contribution is 5.57. The molecule has 5 heteroatoms. The summed E-state index contributed by atoms with van der Waals surface area (Å²) in [5, 5.41) is 11.6. The van der Waals surface area contributed by atoms with Gasteiger partial charge in [-0.3, -0.25) is 0 Å². The molecule has 0 aliphatic carbocycles. The van der Waals surface area contributed by atoms with Crippen molar-refractivity contribution in [3.05, 3.63) is 36.5 Å². The second-order valence-electron chi connectivity index (χ2n) is 5.36. The van der Waals surface area contributed by atoms with Crippen molar-refractivity contribution >= 4 is 5.95 Å². The third-order valence-corrected chi connectivity index (χ3v) is 3.79. The molecule has 110 valence electrons. The Hall–Kier alpha value is -2.01. The lowest BCUT2D eigenvalue weighted by molar-refractivity contribution is 0.237. The van der Waals surface area contributed by atoms with Gasteiger partial charge in [-0.05, 0) is 25.9 Å². The summed E-state index contributed by atoms with van der Waals surface area (Å²) in [6.45, 7) is 4.34. The van der Waals surface area contributed by atoms with Crippen molar-refractivity contribution in [2.75, 3.05) is 31.5 Å². The van der Waals surface area contributed by atoms with Gasteiger partial charge in [-0.15, -0.1) is 10.2 Å². The topological polar surface area (TPSA) is 53.9 Å². The predicted molar refractivity (Wildman–Crippen MR) is 84.0 cm³/mol. The highest BCUT2D eigenvalue weighted by Gasteiger charge is 2.09. The van der Waals surface area contributed by atoms with E-state index in [4.69, 9.17) is 0 Å². The van der Waals surface area contributed by atoms with Crippen LogP contribution in [0.1, 0.15) is 19.3 Å². The van der Waals surface area contributed by atoms with Crippen LogP contribution in [0.15, 0.2) is 36.5 Å². The summed E-state index contributed by atoms with van der Waals surface area (Å²) in [5.74, 6) is 0.603. The third kappa shape index (κ3) is 3.98. The molecule has 0 bridgehead atoms. The number of nitrogens with zero attached hydrogens (tertiary/aromatic N) is 4. The minimum atomic E-state index is 0.603. The molecule has 0 saturated carbocycles. The fourth-order valence-corrected chi connectivity index (χ4v) is 2.61. The first-order valence-corrected chi connectivity index (χ1v) is 7.63. The Morgan fingerprint density at radius 3 is 2.52 bits per heavy atom. The van der Waals surface area contributed by atoms with E-state index in [1.54, 1.807) is 6.20 Å². The number of nitrogens with one attached hydrogen (secondary N) is 1. The van der Waals surface area contributed by atoms with E-state index in [0.29, 0.717) is 5.95 Å². The average Bonchev–Trinajstić information content (AvgIpc) is 2.57. The number of hydrogen-bond donors (Lipinski definition) is 1. The van der Waals surface area contributed by atoms with Crippen molar-refractivity contribution in [2.45, 2.75) is 19.3 Å². The van der Waals surface area contributed by atoms with Gasteiger partial charge < -0.3 is 10.2 Å². The molecule has 1 aliphatic rings. The lowest BCUT2D eigenvalue weighted by Crippen LogP contribution is -2.33. The van der Waals surface area contributed by atoms with E-state index in [1.165, 1.54) is 32.4 Å². The molecule has 21 heavy (non-hydrogen) atoms. The summed E-state index contributed by atoms with van der Waals surface area (Å²) in [4.78, 5) is 6.82. The van der Waals surface area contributed by atoms with Crippen LogP contribution in [0.25, 0.3) is 11.3 Å². The van der Waals surface area contributed by atoms with Gasteiger partial charge in [-0.1, -0.05) is 36.8 Å². The maximum Gasteiger partial charge on any atom is 0.242 e. The summed E-state index contributed by atoms with van der Waals surface area (Å²) >= 11 is 0. The Balaban J connectivity index is 1.50. The fraction of sp³-hybridized carbons (Fsp3) is 0.438. The average molecular weight is 283 g/mol. The van der Waals surface area contributed by atoms with Crippen LogP contribution in [0, 0.1) is 0 Å². The molecule has 1 fully saturated rings. The van der Waals surface area contributed by atoms with Gasteiger partial charge in [-0.2, -0.15) is 0 Å². The van der Waals surface area contributed by atoms with Gasteiger partial charge in [0.1, 0.15) is 5.69 Å². The second kappa shape index (κ2) is 7.13. The molecule has 1 aromatic heterocycles. The van der Waals surface area contributed by atoms with Crippen LogP contribution in [0.3, 0.4) is 0 Å². The van der Waals surface area contributed by atoms with Crippen LogP contribution in [-0.2, 0) is 0 Å². The molecule has 0 radical (unpaired) electrons. The minimum Gasteiger partial charge on any atom is -0.352 e.